The summed E-state index contributed by atoms with van der Waals surface area (Å²) in [4.78, 5) is 5.13. The monoisotopic (exact) mass is 199 g/mol. The summed E-state index contributed by atoms with van der Waals surface area (Å²) in [5, 5.41) is 4.22. The summed E-state index contributed by atoms with van der Waals surface area (Å²) in [7, 11) is 3.55. The number of nitrogens with one attached hydrogen (secondary N) is 1. The minimum Gasteiger partial charge on any atom is -0.382 e. The maximum absolute atomic E-state index is 5.13. The first kappa shape index (κ1) is 11.2. The average molecular weight is 199 g/mol. The van der Waals surface area contributed by atoms with Gasteiger partial charge in [0.15, 0.2) is 0 Å². The van der Waals surface area contributed by atoms with Crippen molar-refractivity contribution in [3.63, 3.8) is 0 Å². The molecule has 1 rings (SSSR count). The molecular weight excluding hydrogens is 182 g/mol. The Morgan fingerprint density at radius 2 is 2.29 bits per heavy atom. The molecule has 0 amide bonds. The van der Waals surface area contributed by atoms with Gasteiger partial charge >= 0.3 is 0 Å². The van der Waals surface area contributed by atoms with Crippen LogP contribution in [0.2, 0.25) is 0 Å². The van der Waals surface area contributed by atoms with Gasteiger partial charge in [0.1, 0.15) is 0 Å². The zero-order valence-corrected chi connectivity index (χ0v) is 8.91. The van der Waals surface area contributed by atoms with Crippen LogP contribution in [-0.4, -0.2) is 30.1 Å². The molecule has 1 aromatic heterocycles. The number of rotatable bonds is 6. The van der Waals surface area contributed by atoms with E-state index >= 15 is 0 Å². The number of aryl methyl sites for hydroxylation is 2. The second-order valence-corrected chi connectivity index (χ2v) is 3.08. The van der Waals surface area contributed by atoms with E-state index in [1.165, 1.54) is 0 Å². The SMILES string of the molecule is COCCONCc1cn(C)nc1C. The molecule has 0 aromatic carbocycles. The number of ether oxygens (including phenoxy) is 1. The summed E-state index contributed by atoms with van der Waals surface area (Å²) in [6.07, 6.45) is 1.97. The van der Waals surface area contributed by atoms with Crippen LogP contribution in [0.3, 0.4) is 0 Å². The fourth-order valence-electron chi connectivity index (χ4n) is 1.15. The highest BCUT2D eigenvalue weighted by atomic mass is 16.7. The molecule has 0 spiro atoms. The quantitative estimate of drug-likeness (QED) is 0.532. The van der Waals surface area contributed by atoms with Gasteiger partial charge in [-0.05, 0) is 6.92 Å². The number of hydrogen-bond donors (Lipinski definition) is 1. The number of hydroxylamine groups is 1. The largest absolute Gasteiger partial charge is 0.382 e. The Morgan fingerprint density at radius 3 is 2.86 bits per heavy atom. The topological polar surface area (TPSA) is 48.3 Å². The lowest BCUT2D eigenvalue weighted by Crippen LogP contribution is -2.17. The van der Waals surface area contributed by atoms with Crippen molar-refractivity contribution in [2.24, 2.45) is 7.05 Å². The van der Waals surface area contributed by atoms with Gasteiger partial charge in [-0.1, -0.05) is 0 Å². The van der Waals surface area contributed by atoms with E-state index in [9.17, 15) is 0 Å². The van der Waals surface area contributed by atoms with Gasteiger partial charge < -0.3 is 4.74 Å². The summed E-state index contributed by atoms with van der Waals surface area (Å²) >= 11 is 0. The maximum Gasteiger partial charge on any atom is 0.0916 e. The van der Waals surface area contributed by atoms with Crippen LogP contribution in [0.4, 0.5) is 0 Å². The number of methoxy groups -OCH3 is 1. The minimum atomic E-state index is 0.551. The zero-order valence-electron chi connectivity index (χ0n) is 8.91. The van der Waals surface area contributed by atoms with Crippen molar-refractivity contribution in [1.29, 1.82) is 0 Å². The van der Waals surface area contributed by atoms with Crippen molar-refractivity contribution >= 4 is 0 Å². The standard InChI is InChI=1S/C9H17N3O2/c1-8-9(7-12(2)11-8)6-10-14-5-4-13-3/h7,10H,4-6H2,1-3H3. The predicted molar refractivity (Wildman–Crippen MR) is 52.6 cm³/mol. The van der Waals surface area contributed by atoms with Gasteiger partial charge in [0.2, 0.25) is 0 Å². The Bertz CT molecular complexity index is 273. The molecular formula is C9H17N3O2. The fraction of sp³-hybridized carbons (Fsp3) is 0.667. The lowest BCUT2D eigenvalue weighted by Gasteiger charge is -2.03. The van der Waals surface area contributed by atoms with Gasteiger partial charge in [0, 0.05) is 32.5 Å². The summed E-state index contributed by atoms with van der Waals surface area (Å²) < 4.78 is 6.63. The van der Waals surface area contributed by atoms with Crippen molar-refractivity contribution in [3.05, 3.63) is 17.5 Å². The Morgan fingerprint density at radius 1 is 1.50 bits per heavy atom. The number of nitrogens with zero attached hydrogens (tertiary/aromatic N) is 2. The maximum atomic E-state index is 5.13. The Labute approximate surface area is 84.0 Å². The third-order valence-electron chi connectivity index (χ3n) is 1.87. The second kappa shape index (κ2) is 5.74. The molecule has 0 radical (unpaired) electrons. The molecule has 0 atom stereocenters. The molecule has 0 unspecified atom stereocenters. The molecule has 5 heteroatoms. The van der Waals surface area contributed by atoms with Gasteiger partial charge in [0.05, 0.1) is 18.9 Å². The average Bonchev–Trinajstić information content (AvgIpc) is 2.45. The van der Waals surface area contributed by atoms with E-state index in [4.69, 9.17) is 9.57 Å². The van der Waals surface area contributed by atoms with Crippen LogP contribution in [-0.2, 0) is 23.2 Å². The van der Waals surface area contributed by atoms with Crippen molar-refractivity contribution in [1.82, 2.24) is 15.3 Å². The molecule has 80 valence electrons. The number of aromatic nitrogens is 2. The van der Waals surface area contributed by atoms with E-state index in [2.05, 4.69) is 10.6 Å². The minimum absolute atomic E-state index is 0.551. The first-order chi connectivity index (χ1) is 6.74. The molecule has 0 fully saturated rings. The summed E-state index contributed by atoms with van der Waals surface area (Å²) in [6.45, 7) is 3.80. The van der Waals surface area contributed by atoms with Crippen LogP contribution < -0.4 is 5.48 Å². The van der Waals surface area contributed by atoms with E-state index in [0.717, 1.165) is 11.3 Å². The molecule has 1 heterocycles. The lowest BCUT2D eigenvalue weighted by molar-refractivity contribution is 0.00339. The van der Waals surface area contributed by atoms with Crippen molar-refractivity contribution in [2.75, 3.05) is 20.3 Å². The highest BCUT2D eigenvalue weighted by molar-refractivity contribution is 5.14. The highest BCUT2D eigenvalue weighted by Crippen LogP contribution is 2.03. The Kier molecular flexibility index (Phi) is 4.58. The molecule has 0 saturated carbocycles. The normalized spacial score (nSPS) is 10.8. The van der Waals surface area contributed by atoms with Gasteiger partial charge in [0.25, 0.3) is 0 Å². The van der Waals surface area contributed by atoms with E-state index in [0.29, 0.717) is 19.8 Å². The van der Waals surface area contributed by atoms with Crippen molar-refractivity contribution in [3.8, 4) is 0 Å². The van der Waals surface area contributed by atoms with E-state index in [1.54, 1.807) is 11.8 Å². The van der Waals surface area contributed by atoms with Crippen LogP contribution in [0.5, 0.6) is 0 Å². The molecule has 1 aromatic rings. The summed E-state index contributed by atoms with van der Waals surface area (Å²) in [6, 6.07) is 0. The summed E-state index contributed by atoms with van der Waals surface area (Å²) in [5.74, 6) is 0. The van der Waals surface area contributed by atoms with Crippen molar-refractivity contribution < 1.29 is 9.57 Å². The van der Waals surface area contributed by atoms with Gasteiger partial charge in [-0.25, -0.2) is 0 Å². The molecule has 0 aliphatic rings. The first-order valence-corrected chi connectivity index (χ1v) is 4.56. The zero-order chi connectivity index (χ0) is 10.4. The molecule has 0 aliphatic carbocycles. The van der Waals surface area contributed by atoms with Crippen LogP contribution in [0.15, 0.2) is 6.20 Å². The van der Waals surface area contributed by atoms with Crippen LogP contribution in [0, 0.1) is 6.92 Å². The van der Waals surface area contributed by atoms with E-state index in [1.807, 2.05) is 20.2 Å². The third-order valence-corrected chi connectivity index (χ3v) is 1.87. The van der Waals surface area contributed by atoms with Gasteiger partial charge in [-0.3, -0.25) is 9.52 Å². The molecule has 1 N–H and O–H groups in total. The number of hydrogen-bond acceptors (Lipinski definition) is 4. The van der Waals surface area contributed by atoms with E-state index < -0.39 is 0 Å². The smallest absolute Gasteiger partial charge is 0.0916 e. The van der Waals surface area contributed by atoms with Crippen molar-refractivity contribution in [2.45, 2.75) is 13.5 Å². The van der Waals surface area contributed by atoms with Crippen LogP contribution in [0.1, 0.15) is 11.3 Å². The first-order valence-electron chi connectivity index (χ1n) is 4.56. The van der Waals surface area contributed by atoms with Crippen LogP contribution in [0.25, 0.3) is 0 Å². The van der Waals surface area contributed by atoms with Crippen LogP contribution >= 0.6 is 0 Å². The molecule has 0 saturated heterocycles. The predicted octanol–water partition coefficient (Wildman–Crippen LogP) is 0.396. The third kappa shape index (κ3) is 3.45. The van der Waals surface area contributed by atoms with E-state index in [-0.39, 0.29) is 0 Å². The Hall–Kier alpha value is -0.910. The molecule has 5 nitrogen and oxygen atoms in total. The van der Waals surface area contributed by atoms with Gasteiger partial charge in [-0.15, -0.1) is 0 Å². The molecule has 14 heavy (non-hydrogen) atoms. The fourth-order valence-corrected chi connectivity index (χ4v) is 1.15. The van der Waals surface area contributed by atoms with Gasteiger partial charge in [-0.2, -0.15) is 10.6 Å². The summed E-state index contributed by atoms with van der Waals surface area (Å²) in [5.41, 5.74) is 5.02. The Balaban J connectivity index is 2.21. The molecule has 0 aliphatic heterocycles. The lowest BCUT2D eigenvalue weighted by atomic mass is 10.3. The molecule has 0 bridgehead atoms. The second-order valence-electron chi connectivity index (χ2n) is 3.08. The highest BCUT2D eigenvalue weighted by Gasteiger charge is 2.01.